The van der Waals surface area contributed by atoms with Crippen LogP contribution in [0.3, 0.4) is 0 Å². The number of likely N-dealkylation sites (N-methyl/N-ethyl adjacent to an activating group) is 1. The highest BCUT2D eigenvalue weighted by Crippen LogP contribution is 2.20. The summed E-state index contributed by atoms with van der Waals surface area (Å²) in [5.74, 6) is -0.837. The Labute approximate surface area is 150 Å². The van der Waals surface area contributed by atoms with E-state index in [4.69, 9.17) is 11.6 Å². The van der Waals surface area contributed by atoms with Crippen LogP contribution in [0.4, 0.5) is 14.9 Å². The molecule has 0 saturated carbocycles. The minimum atomic E-state index is -0.490. The number of aryl methyl sites for hydroxylation is 1. The van der Waals surface area contributed by atoms with Gasteiger partial charge in [0.2, 0.25) is 5.91 Å². The second-order valence-corrected chi connectivity index (χ2v) is 6.03. The van der Waals surface area contributed by atoms with Crippen molar-refractivity contribution in [2.45, 2.75) is 13.5 Å². The summed E-state index contributed by atoms with van der Waals surface area (Å²) in [5.41, 5.74) is 1.89. The molecule has 25 heavy (non-hydrogen) atoms. The van der Waals surface area contributed by atoms with Crippen molar-refractivity contribution in [3.8, 4) is 0 Å². The molecule has 0 spiro atoms. The van der Waals surface area contributed by atoms with Crippen LogP contribution in [0.5, 0.6) is 0 Å². The summed E-state index contributed by atoms with van der Waals surface area (Å²) in [7, 11) is 1.52. The molecule has 0 fully saturated rings. The predicted molar refractivity (Wildman–Crippen MR) is 96.1 cm³/mol. The SMILES string of the molecule is Cc1cccc(NC(=O)NCC(=O)N(C)Cc2c(F)cccc2Cl)c1. The van der Waals surface area contributed by atoms with Crippen LogP contribution in [0.15, 0.2) is 42.5 Å². The molecule has 5 nitrogen and oxygen atoms in total. The Morgan fingerprint density at radius 3 is 2.60 bits per heavy atom. The van der Waals surface area contributed by atoms with E-state index >= 15 is 0 Å². The van der Waals surface area contributed by atoms with Crippen molar-refractivity contribution < 1.29 is 14.0 Å². The normalized spacial score (nSPS) is 10.2. The van der Waals surface area contributed by atoms with Crippen LogP contribution in [-0.2, 0) is 11.3 Å². The first-order chi connectivity index (χ1) is 11.9. The Bertz CT molecular complexity index is 762. The molecule has 2 N–H and O–H groups in total. The van der Waals surface area contributed by atoms with Gasteiger partial charge >= 0.3 is 6.03 Å². The number of hydrogen-bond acceptors (Lipinski definition) is 2. The fourth-order valence-electron chi connectivity index (χ4n) is 2.20. The minimum Gasteiger partial charge on any atom is -0.340 e. The molecule has 0 aliphatic carbocycles. The minimum absolute atomic E-state index is 0.0194. The standard InChI is InChI=1S/C18H19ClFN3O2/c1-12-5-3-6-13(9-12)22-18(25)21-10-17(24)23(2)11-14-15(19)7-4-8-16(14)20/h3-9H,10-11H2,1-2H3,(H2,21,22,25). The van der Waals surface area contributed by atoms with Crippen LogP contribution < -0.4 is 10.6 Å². The fraction of sp³-hybridized carbons (Fsp3) is 0.222. The maximum absolute atomic E-state index is 13.8. The van der Waals surface area contributed by atoms with Gasteiger partial charge < -0.3 is 15.5 Å². The second-order valence-electron chi connectivity index (χ2n) is 5.63. The molecule has 0 aromatic heterocycles. The van der Waals surface area contributed by atoms with Gasteiger partial charge in [-0.2, -0.15) is 0 Å². The van der Waals surface area contributed by atoms with Gasteiger partial charge in [0.25, 0.3) is 0 Å². The first-order valence-corrected chi connectivity index (χ1v) is 8.03. The number of amides is 3. The van der Waals surface area contributed by atoms with Crippen molar-refractivity contribution in [3.05, 3.63) is 64.4 Å². The molecule has 2 aromatic rings. The van der Waals surface area contributed by atoms with Gasteiger partial charge in [-0.3, -0.25) is 4.79 Å². The van der Waals surface area contributed by atoms with Crippen molar-refractivity contribution in [1.29, 1.82) is 0 Å². The molecule has 0 heterocycles. The van der Waals surface area contributed by atoms with E-state index in [1.54, 1.807) is 12.1 Å². The monoisotopic (exact) mass is 363 g/mol. The van der Waals surface area contributed by atoms with Crippen molar-refractivity contribution in [3.63, 3.8) is 0 Å². The summed E-state index contributed by atoms with van der Waals surface area (Å²) in [5, 5.41) is 5.38. The third kappa shape index (κ3) is 5.46. The molecular weight excluding hydrogens is 345 g/mol. The second kappa shape index (κ2) is 8.48. The fourth-order valence-corrected chi connectivity index (χ4v) is 2.42. The van der Waals surface area contributed by atoms with Crippen LogP contribution in [0.25, 0.3) is 0 Å². The van der Waals surface area contributed by atoms with Crippen molar-refractivity contribution in [1.82, 2.24) is 10.2 Å². The van der Waals surface area contributed by atoms with Gasteiger partial charge in [0.15, 0.2) is 0 Å². The Balaban J connectivity index is 1.86. The van der Waals surface area contributed by atoms with Crippen LogP contribution >= 0.6 is 11.6 Å². The van der Waals surface area contributed by atoms with Gasteiger partial charge in [0.1, 0.15) is 5.82 Å². The summed E-state index contributed by atoms with van der Waals surface area (Å²) in [4.78, 5) is 25.2. The topological polar surface area (TPSA) is 61.4 Å². The van der Waals surface area contributed by atoms with E-state index in [2.05, 4.69) is 10.6 Å². The highest BCUT2D eigenvalue weighted by Gasteiger charge is 2.15. The van der Waals surface area contributed by atoms with E-state index in [9.17, 15) is 14.0 Å². The van der Waals surface area contributed by atoms with Gasteiger partial charge in [-0.1, -0.05) is 29.8 Å². The molecule has 132 valence electrons. The molecule has 0 unspecified atom stereocenters. The lowest BCUT2D eigenvalue weighted by atomic mass is 10.2. The van der Waals surface area contributed by atoms with Crippen LogP contribution in [0.2, 0.25) is 5.02 Å². The highest BCUT2D eigenvalue weighted by molar-refractivity contribution is 6.31. The first-order valence-electron chi connectivity index (χ1n) is 7.65. The average molecular weight is 364 g/mol. The molecule has 3 amide bonds. The van der Waals surface area contributed by atoms with E-state index in [1.165, 1.54) is 24.1 Å². The zero-order valence-electron chi connectivity index (χ0n) is 14.0. The number of urea groups is 1. The lowest BCUT2D eigenvalue weighted by Crippen LogP contribution is -2.39. The van der Waals surface area contributed by atoms with E-state index in [0.29, 0.717) is 5.69 Å². The summed E-state index contributed by atoms with van der Waals surface area (Å²) < 4.78 is 13.8. The molecule has 7 heteroatoms. The Kier molecular flexibility index (Phi) is 6.36. The molecule has 0 aliphatic heterocycles. The molecule has 2 aromatic carbocycles. The smallest absolute Gasteiger partial charge is 0.319 e. The van der Waals surface area contributed by atoms with Crippen molar-refractivity contribution >= 4 is 29.2 Å². The third-order valence-corrected chi connectivity index (χ3v) is 3.91. The maximum Gasteiger partial charge on any atom is 0.319 e. The molecule has 0 bridgehead atoms. The summed E-state index contributed by atoms with van der Waals surface area (Å²) >= 11 is 5.95. The summed E-state index contributed by atoms with van der Waals surface area (Å²) in [6.45, 7) is 1.72. The van der Waals surface area contributed by atoms with E-state index < -0.39 is 11.8 Å². The Hall–Kier alpha value is -2.60. The summed E-state index contributed by atoms with van der Waals surface area (Å²) in [6, 6.07) is 11.2. The zero-order chi connectivity index (χ0) is 18.4. The Morgan fingerprint density at radius 2 is 1.92 bits per heavy atom. The van der Waals surface area contributed by atoms with Crippen molar-refractivity contribution in [2.24, 2.45) is 0 Å². The van der Waals surface area contributed by atoms with E-state index in [0.717, 1.165) is 5.56 Å². The zero-order valence-corrected chi connectivity index (χ0v) is 14.7. The lowest BCUT2D eigenvalue weighted by molar-refractivity contribution is -0.129. The molecule has 0 radical (unpaired) electrons. The number of hydrogen-bond donors (Lipinski definition) is 2. The number of rotatable bonds is 5. The molecule has 0 saturated heterocycles. The molecule has 2 rings (SSSR count). The molecular formula is C18H19ClFN3O2. The first kappa shape index (κ1) is 18.7. The van der Waals surface area contributed by atoms with Crippen LogP contribution in [0.1, 0.15) is 11.1 Å². The van der Waals surface area contributed by atoms with Gasteiger partial charge in [-0.15, -0.1) is 0 Å². The van der Waals surface area contributed by atoms with Crippen LogP contribution in [-0.4, -0.2) is 30.4 Å². The Morgan fingerprint density at radius 1 is 1.20 bits per heavy atom. The number of carbonyl (C=O) groups excluding carboxylic acids is 2. The number of anilines is 1. The average Bonchev–Trinajstić information content (AvgIpc) is 2.56. The number of nitrogens with zero attached hydrogens (tertiary/aromatic N) is 1. The van der Waals surface area contributed by atoms with Gasteiger partial charge in [-0.05, 0) is 36.8 Å². The summed E-state index contributed by atoms with van der Waals surface area (Å²) in [6.07, 6.45) is 0. The third-order valence-electron chi connectivity index (χ3n) is 3.56. The largest absolute Gasteiger partial charge is 0.340 e. The lowest BCUT2D eigenvalue weighted by Gasteiger charge is -2.19. The number of benzene rings is 2. The molecule has 0 aliphatic rings. The van der Waals surface area contributed by atoms with Crippen LogP contribution in [0, 0.1) is 12.7 Å². The molecule has 0 atom stereocenters. The van der Waals surface area contributed by atoms with Gasteiger partial charge in [0.05, 0.1) is 6.54 Å². The highest BCUT2D eigenvalue weighted by atomic mass is 35.5. The number of nitrogens with one attached hydrogen (secondary N) is 2. The van der Waals surface area contributed by atoms with Gasteiger partial charge in [-0.25, -0.2) is 9.18 Å². The van der Waals surface area contributed by atoms with E-state index in [-0.39, 0.29) is 29.6 Å². The number of halogens is 2. The predicted octanol–water partition coefficient (Wildman–Crippen LogP) is 3.57. The van der Waals surface area contributed by atoms with Crippen molar-refractivity contribution in [2.75, 3.05) is 18.9 Å². The van der Waals surface area contributed by atoms with E-state index in [1.807, 2.05) is 25.1 Å². The van der Waals surface area contributed by atoms with Gasteiger partial charge in [0, 0.05) is 29.9 Å². The maximum atomic E-state index is 13.8. The number of carbonyl (C=O) groups is 2. The quantitative estimate of drug-likeness (QED) is 0.853.